The Morgan fingerprint density at radius 2 is 2.04 bits per heavy atom. The molecule has 1 heterocycles. The van der Waals surface area contributed by atoms with Crippen molar-refractivity contribution in [3.63, 3.8) is 0 Å². The smallest absolute Gasteiger partial charge is 0.238 e. The minimum absolute atomic E-state index is 0.120. The van der Waals surface area contributed by atoms with Crippen LogP contribution >= 0.6 is 23.4 Å². The number of rotatable bonds is 7. The predicted octanol–water partition coefficient (Wildman–Crippen LogP) is 4.38. The van der Waals surface area contributed by atoms with Gasteiger partial charge in [-0.05, 0) is 43.2 Å². The topological polar surface area (TPSA) is 67.4 Å². The molecule has 0 radical (unpaired) electrons. The van der Waals surface area contributed by atoms with Crippen molar-refractivity contribution in [2.24, 2.45) is 0 Å². The van der Waals surface area contributed by atoms with Crippen LogP contribution in [-0.4, -0.2) is 23.2 Å². The molecular weight excluding hydrogens is 396 g/mol. The minimum Gasteiger partial charge on any atom is -0.374 e. The summed E-state index contributed by atoms with van der Waals surface area (Å²) in [6.07, 6.45) is 0.290. The number of benzene rings is 2. The van der Waals surface area contributed by atoms with Crippen LogP contribution in [0, 0.1) is 0 Å². The van der Waals surface area contributed by atoms with E-state index in [1.807, 2.05) is 44.2 Å². The van der Waals surface area contributed by atoms with Crippen LogP contribution < -0.4 is 10.6 Å². The van der Waals surface area contributed by atoms with Gasteiger partial charge in [0.2, 0.25) is 11.8 Å². The van der Waals surface area contributed by atoms with Crippen LogP contribution in [0.15, 0.2) is 47.4 Å². The van der Waals surface area contributed by atoms with Gasteiger partial charge in [0.05, 0.1) is 23.6 Å². The Morgan fingerprint density at radius 1 is 1.25 bits per heavy atom. The summed E-state index contributed by atoms with van der Waals surface area (Å²) in [4.78, 5) is 25.5. The number of ether oxygens (including phenoxy) is 1. The predicted molar refractivity (Wildman–Crippen MR) is 113 cm³/mol. The van der Waals surface area contributed by atoms with E-state index in [1.165, 1.54) is 11.8 Å². The number of carbonyl (C=O) groups is 2. The minimum atomic E-state index is -0.459. The lowest BCUT2D eigenvalue weighted by Crippen LogP contribution is -2.34. The van der Waals surface area contributed by atoms with Crippen molar-refractivity contribution >= 4 is 40.9 Å². The van der Waals surface area contributed by atoms with Gasteiger partial charge in [0.15, 0.2) is 0 Å². The van der Waals surface area contributed by atoms with Crippen molar-refractivity contribution in [3.8, 4) is 0 Å². The number of amides is 2. The summed E-state index contributed by atoms with van der Waals surface area (Å²) >= 11 is 7.35. The second-order valence-corrected chi connectivity index (χ2v) is 8.58. The summed E-state index contributed by atoms with van der Waals surface area (Å²) in [7, 11) is 0. The average Bonchev–Trinajstić information content (AvgIpc) is 2.66. The Kier molecular flexibility index (Phi) is 6.99. The second-order valence-electron chi connectivity index (χ2n) is 6.90. The maximum atomic E-state index is 12.3. The maximum absolute atomic E-state index is 12.3. The van der Waals surface area contributed by atoms with E-state index in [9.17, 15) is 9.59 Å². The Labute approximate surface area is 174 Å². The molecule has 0 saturated carbocycles. The molecule has 7 heteroatoms. The van der Waals surface area contributed by atoms with Crippen molar-refractivity contribution < 1.29 is 14.3 Å². The summed E-state index contributed by atoms with van der Waals surface area (Å²) in [6.45, 7) is 4.95. The zero-order chi connectivity index (χ0) is 20.1. The summed E-state index contributed by atoms with van der Waals surface area (Å²) < 4.78 is 5.61. The second kappa shape index (κ2) is 9.45. The Morgan fingerprint density at radius 3 is 2.82 bits per heavy atom. The number of thioether (sulfide) groups is 1. The molecule has 2 N–H and O–H groups in total. The molecule has 0 aliphatic carbocycles. The van der Waals surface area contributed by atoms with Crippen LogP contribution in [0.1, 0.15) is 31.4 Å². The van der Waals surface area contributed by atoms with Gasteiger partial charge in [-0.3, -0.25) is 9.59 Å². The molecule has 2 amide bonds. The molecule has 0 fully saturated rings. The zero-order valence-electron chi connectivity index (χ0n) is 15.8. The maximum Gasteiger partial charge on any atom is 0.238 e. The molecule has 1 unspecified atom stereocenters. The molecule has 1 aliphatic rings. The van der Waals surface area contributed by atoms with Crippen LogP contribution in [0.4, 0.5) is 5.69 Å². The largest absolute Gasteiger partial charge is 0.374 e. The molecule has 1 atom stereocenters. The molecule has 5 nitrogen and oxygen atoms in total. The fourth-order valence-electron chi connectivity index (χ4n) is 2.79. The number of carbonyl (C=O) groups excluding carboxylic acids is 2. The lowest BCUT2D eigenvalue weighted by molar-refractivity contribution is -0.124. The van der Waals surface area contributed by atoms with Crippen molar-refractivity contribution in [3.05, 3.63) is 58.6 Å². The van der Waals surface area contributed by atoms with Gasteiger partial charge in [-0.2, -0.15) is 0 Å². The van der Waals surface area contributed by atoms with Crippen molar-refractivity contribution in [1.82, 2.24) is 5.32 Å². The SMILES string of the molecule is CC(C)OCc1cccc(CNC(=O)CC2Sc3ccc(Cl)cc3NC2=O)c1. The third-order valence-corrected chi connectivity index (χ3v) is 5.71. The molecule has 28 heavy (non-hydrogen) atoms. The number of halogens is 1. The quantitative estimate of drug-likeness (QED) is 0.700. The van der Waals surface area contributed by atoms with Crippen LogP contribution in [0.2, 0.25) is 5.02 Å². The van der Waals surface area contributed by atoms with Crippen LogP contribution in [0.25, 0.3) is 0 Å². The standard InChI is InChI=1S/C21H23ClN2O3S/c1-13(2)27-12-15-5-3-4-14(8-15)11-23-20(25)10-19-21(26)24-17-9-16(22)6-7-18(17)28-19/h3-9,13,19H,10-12H2,1-2H3,(H,23,25)(H,24,26). The van der Waals surface area contributed by atoms with Crippen LogP contribution in [0.3, 0.4) is 0 Å². The first-order chi connectivity index (χ1) is 13.4. The number of nitrogens with one attached hydrogen (secondary N) is 2. The van der Waals surface area contributed by atoms with Gasteiger partial charge in [0, 0.05) is 22.9 Å². The van der Waals surface area contributed by atoms with Gasteiger partial charge in [-0.1, -0.05) is 35.9 Å². The Hall–Kier alpha value is -2.02. The molecule has 0 spiro atoms. The lowest BCUT2D eigenvalue weighted by Gasteiger charge is -2.23. The first-order valence-corrected chi connectivity index (χ1v) is 10.4. The highest BCUT2D eigenvalue weighted by Crippen LogP contribution is 2.38. The Balaban J connectivity index is 1.53. The molecule has 148 valence electrons. The first-order valence-electron chi connectivity index (χ1n) is 9.14. The van der Waals surface area contributed by atoms with Crippen LogP contribution in [0.5, 0.6) is 0 Å². The zero-order valence-corrected chi connectivity index (χ0v) is 17.4. The fraction of sp³-hybridized carbons (Fsp3) is 0.333. The third-order valence-electron chi connectivity index (χ3n) is 4.20. The lowest BCUT2D eigenvalue weighted by atomic mass is 10.1. The van der Waals surface area contributed by atoms with Gasteiger partial charge >= 0.3 is 0 Å². The van der Waals surface area contributed by atoms with E-state index in [0.717, 1.165) is 16.0 Å². The van der Waals surface area contributed by atoms with E-state index < -0.39 is 5.25 Å². The van der Waals surface area contributed by atoms with E-state index in [1.54, 1.807) is 12.1 Å². The third kappa shape index (κ3) is 5.74. The highest BCUT2D eigenvalue weighted by Gasteiger charge is 2.29. The molecule has 2 aromatic carbocycles. The molecular formula is C21H23ClN2O3S. The van der Waals surface area contributed by atoms with Gasteiger partial charge in [-0.25, -0.2) is 0 Å². The van der Waals surface area contributed by atoms with E-state index >= 15 is 0 Å². The van der Waals surface area contributed by atoms with Crippen molar-refractivity contribution in [2.75, 3.05) is 5.32 Å². The van der Waals surface area contributed by atoms with E-state index in [2.05, 4.69) is 10.6 Å². The highest BCUT2D eigenvalue weighted by atomic mass is 35.5. The van der Waals surface area contributed by atoms with Crippen molar-refractivity contribution in [1.29, 1.82) is 0 Å². The Bertz CT molecular complexity index is 872. The monoisotopic (exact) mass is 418 g/mol. The summed E-state index contributed by atoms with van der Waals surface area (Å²) in [6, 6.07) is 13.3. The highest BCUT2D eigenvalue weighted by molar-refractivity contribution is 8.01. The molecule has 3 rings (SSSR count). The number of hydrogen-bond donors (Lipinski definition) is 2. The van der Waals surface area contributed by atoms with Gasteiger partial charge in [0.1, 0.15) is 0 Å². The summed E-state index contributed by atoms with van der Waals surface area (Å²) in [5.74, 6) is -0.336. The average molecular weight is 419 g/mol. The van der Waals surface area contributed by atoms with E-state index in [0.29, 0.717) is 23.9 Å². The number of anilines is 1. The van der Waals surface area contributed by atoms with E-state index in [4.69, 9.17) is 16.3 Å². The van der Waals surface area contributed by atoms with Gasteiger partial charge < -0.3 is 15.4 Å². The molecule has 2 aromatic rings. The first kappa shape index (κ1) is 20.7. The fourth-order valence-corrected chi connectivity index (χ4v) is 4.05. The summed E-state index contributed by atoms with van der Waals surface area (Å²) in [5.41, 5.74) is 2.76. The molecule has 0 aromatic heterocycles. The van der Waals surface area contributed by atoms with Gasteiger partial charge in [0.25, 0.3) is 0 Å². The van der Waals surface area contributed by atoms with E-state index in [-0.39, 0.29) is 24.3 Å². The molecule has 0 bridgehead atoms. The number of fused-ring (bicyclic) bond motifs is 1. The molecule has 0 saturated heterocycles. The number of hydrogen-bond acceptors (Lipinski definition) is 4. The van der Waals surface area contributed by atoms with Gasteiger partial charge in [-0.15, -0.1) is 11.8 Å². The normalized spacial score (nSPS) is 15.9. The van der Waals surface area contributed by atoms with Crippen molar-refractivity contribution in [2.45, 2.75) is 49.7 Å². The molecule has 1 aliphatic heterocycles. The van der Waals surface area contributed by atoms with Crippen LogP contribution in [-0.2, 0) is 27.5 Å². The summed E-state index contributed by atoms with van der Waals surface area (Å²) in [5, 5.41) is 5.83.